The van der Waals surface area contributed by atoms with Crippen molar-refractivity contribution in [3.8, 4) is 0 Å². The van der Waals surface area contributed by atoms with E-state index in [1.54, 1.807) is 0 Å². The lowest BCUT2D eigenvalue weighted by Gasteiger charge is -2.11. The van der Waals surface area contributed by atoms with Crippen LogP contribution in [-0.2, 0) is 0 Å². The molecule has 0 rings (SSSR count). The van der Waals surface area contributed by atoms with E-state index in [1.807, 2.05) is 7.05 Å². The molecule has 1 unspecified atom stereocenters. The second-order valence-electron chi connectivity index (χ2n) is 3.97. The number of hydrogen-bond donors (Lipinski definition) is 1. The molecule has 0 aliphatic heterocycles. The minimum Gasteiger partial charge on any atom is -0.320 e. The smallest absolute Gasteiger partial charge is 0.00494 e. The summed E-state index contributed by atoms with van der Waals surface area (Å²) in [5.41, 5.74) is 0. The third-order valence-corrected chi connectivity index (χ3v) is 2.12. The van der Waals surface area contributed by atoms with Crippen LogP contribution < -0.4 is 5.32 Å². The van der Waals surface area contributed by atoms with Crippen molar-refractivity contribution < 1.29 is 0 Å². The number of nitrogens with one attached hydrogen (secondary N) is 1. The van der Waals surface area contributed by atoms with Crippen LogP contribution in [0.5, 0.6) is 0 Å². The van der Waals surface area contributed by atoms with Crippen LogP contribution in [-0.4, -0.2) is 13.6 Å². The summed E-state index contributed by atoms with van der Waals surface area (Å²) in [5.74, 6) is 1.76. The fourth-order valence-corrected chi connectivity index (χ4v) is 1.15. The van der Waals surface area contributed by atoms with E-state index in [4.69, 9.17) is 0 Å². The summed E-state index contributed by atoms with van der Waals surface area (Å²) < 4.78 is 0. The molecule has 0 spiro atoms. The fraction of sp³-hybridized carbons (Fsp3) is 1.00. The topological polar surface area (TPSA) is 12.0 Å². The van der Waals surface area contributed by atoms with E-state index in [-0.39, 0.29) is 0 Å². The molecule has 0 aromatic heterocycles. The van der Waals surface area contributed by atoms with Crippen molar-refractivity contribution in [2.75, 3.05) is 13.6 Å². The SMILES string of the molecule is CNCCC(C)CCC(C)C. The minimum absolute atomic E-state index is 0.868. The zero-order valence-electron chi connectivity index (χ0n) is 8.48. The molecule has 0 aromatic rings. The summed E-state index contributed by atoms with van der Waals surface area (Å²) in [5, 5.41) is 3.19. The number of rotatable bonds is 6. The summed E-state index contributed by atoms with van der Waals surface area (Å²) in [4.78, 5) is 0. The van der Waals surface area contributed by atoms with Gasteiger partial charge in [-0.2, -0.15) is 0 Å². The highest BCUT2D eigenvalue weighted by molar-refractivity contribution is 4.56. The molecule has 0 heterocycles. The van der Waals surface area contributed by atoms with Crippen molar-refractivity contribution in [3.63, 3.8) is 0 Å². The molecule has 0 amide bonds. The van der Waals surface area contributed by atoms with Crippen LogP contribution in [0.3, 0.4) is 0 Å². The van der Waals surface area contributed by atoms with Gasteiger partial charge in [-0.15, -0.1) is 0 Å². The third-order valence-electron chi connectivity index (χ3n) is 2.12. The van der Waals surface area contributed by atoms with Gasteiger partial charge in [-0.05, 0) is 31.8 Å². The van der Waals surface area contributed by atoms with Crippen molar-refractivity contribution in [1.29, 1.82) is 0 Å². The molecular weight excluding hydrogens is 134 g/mol. The Labute approximate surface area is 71.6 Å². The normalized spacial score (nSPS) is 13.9. The Kier molecular flexibility index (Phi) is 6.63. The van der Waals surface area contributed by atoms with Crippen LogP contribution in [0.25, 0.3) is 0 Å². The van der Waals surface area contributed by atoms with Gasteiger partial charge in [-0.25, -0.2) is 0 Å². The highest BCUT2D eigenvalue weighted by Crippen LogP contribution is 2.13. The first-order valence-corrected chi connectivity index (χ1v) is 4.81. The molecule has 68 valence electrons. The van der Waals surface area contributed by atoms with Crippen LogP contribution in [0.2, 0.25) is 0 Å². The summed E-state index contributed by atoms with van der Waals surface area (Å²) in [7, 11) is 2.02. The molecule has 0 aromatic carbocycles. The van der Waals surface area contributed by atoms with Crippen molar-refractivity contribution in [1.82, 2.24) is 5.32 Å². The van der Waals surface area contributed by atoms with Crippen molar-refractivity contribution in [2.45, 2.75) is 40.0 Å². The maximum Gasteiger partial charge on any atom is -0.00494 e. The molecule has 1 heteroatoms. The Balaban J connectivity index is 3.15. The molecule has 1 atom stereocenters. The fourth-order valence-electron chi connectivity index (χ4n) is 1.15. The Morgan fingerprint density at radius 3 is 2.09 bits per heavy atom. The van der Waals surface area contributed by atoms with Crippen molar-refractivity contribution >= 4 is 0 Å². The lowest BCUT2D eigenvalue weighted by molar-refractivity contribution is 0.424. The molecule has 11 heavy (non-hydrogen) atoms. The zero-order valence-corrected chi connectivity index (χ0v) is 8.48. The van der Waals surface area contributed by atoms with Crippen LogP contribution in [0.1, 0.15) is 40.0 Å². The molecule has 1 nitrogen and oxygen atoms in total. The van der Waals surface area contributed by atoms with E-state index in [1.165, 1.54) is 25.8 Å². The Morgan fingerprint density at radius 2 is 1.64 bits per heavy atom. The highest BCUT2D eigenvalue weighted by Gasteiger charge is 2.02. The minimum atomic E-state index is 0.868. The van der Waals surface area contributed by atoms with Crippen molar-refractivity contribution in [2.24, 2.45) is 11.8 Å². The maximum atomic E-state index is 3.19. The zero-order chi connectivity index (χ0) is 8.69. The predicted molar refractivity (Wildman–Crippen MR) is 51.8 cm³/mol. The summed E-state index contributed by atoms with van der Waals surface area (Å²) >= 11 is 0. The molecule has 0 radical (unpaired) electrons. The van der Waals surface area contributed by atoms with Gasteiger partial charge in [0, 0.05) is 0 Å². The van der Waals surface area contributed by atoms with E-state index in [9.17, 15) is 0 Å². The van der Waals surface area contributed by atoms with Crippen LogP contribution in [0.15, 0.2) is 0 Å². The van der Waals surface area contributed by atoms with E-state index in [0.717, 1.165) is 11.8 Å². The highest BCUT2D eigenvalue weighted by atomic mass is 14.8. The van der Waals surface area contributed by atoms with E-state index in [2.05, 4.69) is 26.1 Å². The molecule has 0 bridgehead atoms. The standard InChI is InChI=1S/C10H23N/c1-9(2)5-6-10(3)7-8-11-4/h9-11H,5-8H2,1-4H3. The molecule has 0 saturated carbocycles. The van der Waals surface area contributed by atoms with Crippen LogP contribution in [0.4, 0.5) is 0 Å². The second kappa shape index (κ2) is 6.66. The molecule has 0 fully saturated rings. The average Bonchev–Trinajstić information content (AvgIpc) is 1.97. The maximum absolute atomic E-state index is 3.19. The first kappa shape index (κ1) is 11.0. The summed E-state index contributed by atoms with van der Waals surface area (Å²) in [6, 6.07) is 0. The van der Waals surface area contributed by atoms with Crippen LogP contribution in [0, 0.1) is 11.8 Å². The molecule has 0 aliphatic rings. The molecule has 0 aliphatic carbocycles. The van der Waals surface area contributed by atoms with E-state index < -0.39 is 0 Å². The van der Waals surface area contributed by atoms with Crippen LogP contribution >= 0.6 is 0 Å². The van der Waals surface area contributed by atoms with Gasteiger partial charge < -0.3 is 5.32 Å². The quantitative estimate of drug-likeness (QED) is 0.625. The first-order chi connectivity index (χ1) is 5.16. The van der Waals surface area contributed by atoms with Gasteiger partial charge in [0.25, 0.3) is 0 Å². The van der Waals surface area contributed by atoms with E-state index >= 15 is 0 Å². The Morgan fingerprint density at radius 1 is 1.00 bits per heavy atom. The van der Waals surface area contributed by atoms with Gasteiger partial charge in [-0.1, -0.05) is 33.6 Å². The lowest BCUT2D eigenvalue weighted by atomic mass is 9.97. The van der Waals surface area contributed by atoms with Gasteiger partial charge in [0.1, 0.15) is 0 Å². The Hall–Kier alpha value is -0.0400. The first-order valence-electron chi connectivity index (χ1n) is 4.81. The van der Waals surface area contributed by atoms with Crippen molar-refractivity contribution in [3.05, 3.63) is 0 Å². The predicted octanol–water partition coefficient (Wildman–Crippen LogP) is 2.67. The van der Waals surface area contributed by atoms with Gasteiger partial charge in [0.2, 0.25) is 0 Å². The van der Waals surface area contributed by atoms with Gasteiger partial charge in [-0.3, -0.25) is 0 Å². The largest absolute Gasteiger partial charge is 0.320 e. The van der Waals surface area contributed by atoms with Gasteiger partial charge in [0.15, 0.2) is 0 Å². The molecule has 1 N–H and O–H groups in total. The summed E-state index contributed by atoms with van der Waals surface area (Å²) in [6.07, 6.45) is 4.09. The third kappa shape index (κ3) is 7.86. The summed E-state index contributed by atoms with van der Waals surface area (Å²) in [6.45, 7) is 8.11. The second-order valence-corrected chi connectivity index (χ2v) is 3.97. The van der Waals surface area contributed by atoms with E-state index in [0.29, 0.717) is 0 Å². The molecule has 0 saturated heterocycles. The van der Waals surface area contributed by atoms with Gasteiger partial charge >= 0.3 is 0 Å². The monoisotopic (exact) mass is 157 g/mol. The average molecular weight is 157 g/mol. The lowest BCUT2D eigenvalue weighted by Crippen LogP contribution is -2.11. The van der Waals surface area contributed by atoms with Gasteiger partial charge in [0.05, 0.1) is 0 Å². The number of hydrogen-bond acceptors (Lipinski definition) is 1. The molecular formula is C10H23N. The Bertz CT molecular complexity index is 78.9.